The molecule has 0 bridgehead atoms. The normalized spacial score (nSPS) is 16.4. The second kappa shape index (κ2) is 4.96. The van der Waals surface area contributed by atoms with Crippen LogP contribution in [-0.4, -0.2) is 42.7 Å². The Bertz CT molecular complexity index is 527. The molecule has 1 aromatic heterocycles. The third-order valence-corrected chi connectivity index (χ3v) is 3.38. The van der Waals surface area contributed by atoms with Crippen LogP contribution in [0.2, 0.25) is 0 Å². The van der Waals surface area contributed by atoms with Gasteiger partial charge < -0.3 is 20.9 Å². The Kier molecular flexibility index (Phi) is 3.17. The summed E-state index contributed by atoms with van der Waals surface area (Å²) >= 11 is 0. The molecule has 4 N–H and O–H groups in total. The lowest BCUT2D eigenvalue weighted by Crippen LogP contribution is -2.43. The van der Waals surface area contributed by atoms with E-state index in [2.05, 4.69) is 38.4 Å². The highest BCUT2D eigenvalue weighted by atomic mass is 15.2. The van der Waals surface area contributed by atoms with Crippen LogP contribution in [0.3, 0.4) is 0 Å². The molecule has 1 fully saturated rings. The molecule has 0 atom stereocenters. The van der Waals surface area contributed by atoms with Crippen LogP contribution < -0.4 is 16.0 Å². The van der Waals surface area contributed by atoms with Crippen molar-refractivity contribution < 1.29 is 0 Å². The van der Waals surface area contributed by atoms with Crippen LogP contribution in [0.5, 0.6) is 0 Å². The zero-order chi connectivity index (χ0) is 12.4. The van der Waals surface area contributed by atoms with Crippen molar-refractivity contribution in [1.29, 1.82) is 0 Å². The third-order valence-electron chi connectivity index (χ3n) is 3.38. The number of rotatable bonds is 3. The van der Waals surface area contributed by atoms with E-state index < -0.39 is 0 Å². The third kappa shape index (κ3) is 2.19. The van der Waals surface area contributed by atoms with Crippen LogP contribution in [0.1, 0.15) is 5.82 Å². The van der Waals surface area contributed by atoms with Gasteiger partial charge in [-0.15, -0.1) is 0 Å². The van der Waals surface area contributed by atoms with E-state index in [1.807, 2.05) is 0 Å². The van der Waals surface area contributed by atoms with E-state index >= 15 is 0 Å². The maximum atomic E-state index is 5.55. The Morgan fingerprint density at radius 1 is 1.28 bits per heavy atom. The summed E-state index contributed by atoms with van der Waals surface area (Å²) in [7, 11) is 0. The van der Waals surface area contributed by atoms with E-state index in [0.29, 0.717) is 6.54 Å². The van der Waals surface area contributed by atoms with Crippen LogP contribution in [0.4, 0.5) is 5.69 Å². The highest BCUT2D eigenvalue weighted by molar-refractivity contribution is 5.79. The number of hydrogen-bond donors (Lipinski definition) is 3. The first kappa shape index (κ1) is 11.5. The molecule has 5 nitrogen and oxygen atoms in total. The minimum Gasteiger partial charge on any atom is -0.369 e. The monoisotopic (exact) mass is 245 g/mol. The number of fused-ring (bicyclic) bond motifs is 1. The predicted octanol–water partition coefficient (Wildman–Crippen LogP) is 0.474. The lowest BCUT2D eigenvalue weighted by molar-refractivity contribution is 0.589. The maximum Gasteiger partial charge on any atom is 0.108 e. The minimum absolute atomic E-state index is 0.629. The summed E-state index contributed by atoms with van der Waals surface area (Å²) in [5.74, 6) is 0.977. The van der Waals surface area contributed by atoms with E-state index in [1.54, 1.807) is 0 Å². The highest BCUT2D eigenvalue weighted by Gasteiger charge is 2.11. The standard InChI is InChI=1S/C13H19N5/c14-4-3-13-16-11-2-1-10(9-12(11)17-13)18-7-5-15-6-8-18/h1-2,9,15H,3-8,14H2,(H,16,17). The molecule has 1 saturated heterocycles. The van der Waals surface area contributed by atoms with Crippen LogP contribution >= 0.6 is 0 Å². The van der Waals surface area contributed by atoms with Crippen LogP contribution in [0.15, 0.2) is 18.2 Å². The molecule has 0 unspecified atom stereocenters. The van der Waals surface area contributed by atoms with Gasteiger partial charge in [0.15, 0.2) is 0 Å². The van der Waals surface area contributed by atoms with Gasteiger partial charge in [-0.2, -0.15) is 0 Å². The summed E-state index contributed by atoms with van der Waals surface area (Å²) in [5, 5.41) is 3.37. The number of imidazole rings is 1. The predicted molar refractivity (Wildman–Crippen MR) is 73.9 cm³/mol. The van der Waals surface area contributed by atoms with Gasteiger partial charge in [0.1, 0.15) is 5.82 Å². The van der Waals surface area contributed by atoms with Gasteiger partial charge in [-0.3, -0.25) is 0 Å². The Balaban J connectivity index is 1.89. The largest absolute Gasteiger partial charge is 0.369 e. The Hall–Kier alpha value is -1.59. The lowest BCUT2D eigenvalue weighted by atomic mass is 10.2. The summed E-state index contributed by atoms with van der Waals surface area (Å²) < 4.78 is 0. The van der Waals surface area contributed by atoms with Gasteiger partial charge in [0.2, 0.25) is 0 Å². The zero-order valence-electron chi connectivity index (χ0n) is 10.4. The molecule has 1 aromatic carbocycles. The number of aromatic nitrogens is 2. The van der Waals surface area contributed by atoms with Crippen molar-refractivity contribution in [2.24, 2.45) is 5.73 Å². The summed E-state index contributed by atoms with van der Waals surface area (Å²) in [6, 6.07) is 6.43. The van der Waals surface area contributed by atoms with E-state index in [-0.39, 0.29) is 0 Å². The van der Waals surface area contributed by atoms with E-state index in [9.17, 15) is 0 Å². The SMILES string of the molecule is NCCc1nc2ccc(N3CCNCC3)cc2[nH]1. The first-order chi connectivity index (χ1) is 8.86. The molecule has 0 amide bonds. The molecule has 0 aliphatic carbocycles. The number of hydrogen-bond acceptors (Lipinski definition) is 4. The van der Waals surface area contributed by atoms with Crippen molar-refractivity contribution in [3.63, 3.8) is 0 Å². The average Bonchev–Trinajstić information content (AvgIpc) is 2.81. The summed E-state index contributed by atoms with van der Waals surface area (Å²) in [5.41, 5.74) is 8.96. The van der Waals surface area contributed by atoms with Crippen LogP contribution in [-0.2, 0) is 6.42 Å². The number of aromatic amines is 1. The van der Waals surface area contributed by atoms with Crippen molar-refractivity contribution >= 4 is 16.7 Å². The molecular formula is C13H19N5. The summed E-state index contributed by atoms with van der Waals surface area (Å²) in [6.45, 7) is 4.87. The minimum atomic E-state index is 0.629. The molecular weight excluding hydrogens is 226 g/mol. The average molecular weight is 245 g/mol. The maximum absolute atomic E-state index is 5.55. The Morgan fingerprint density at radius 3 is 2.89 bits per heavy atom. The van der Waals surface area contributed by atoms with Gasteiger partial charge in [-0.05, 0) is 24.7 Å². The molecule has 2 aromatic rings. The Labute approximate surface area is 106 Å². The highest BCUT2D eigenvalue weighted by Crippen LogP contribution is 2.21. The number of nitrogens with zero attached hydrogens (tertiary/aromatic N) is 2. The first-order valence-corrected chi connectivity index (χ1v) is 6.51. The van der Waals surface area contributed by atoms with Crippen molar-refractivity contribution in [3.05, 3.63) is 24.0 Å². The number of nitrogens with one attached hydrogen (secondary N) is 2. The van der Waals surface area contributed by atoms with Gasteiger partial charge >= 0.3 is 0 Å². The number of anilines is 1. The fourth-order valence-electron chi connectivity index (χ4n) is 2.43. The topological polar surface area (TPSA) is 70.0 Å². The molecule has 5 heteroatoms. The fourth-order valence-corrected chi connectivity index (χ4v) is 2.43. The van der Waals surface area contributed by atoms with Crippen LogP contribution in [0, 0.1) is 0 Å². The van der Waals surface area contributed by atoms with Crippen LogP contribution in [0.25, 0.3) is 11.0 Å². The molecule has 0 saturated carbocycles. The van der Waals surface area contributed by atoms with Gasteiger partial charge in [-0.1, -0.05) is 0 Å². The number of benzene rings is 1. The number of nitrogens with two attached hydrogens (primary N) is 1. The molecule has 0 spiro atoms. The van der Waals surface area contributed by atoms with E-state index in [4.69, 9.17) is 5.73 Å². The van der Waals surface area contributed by atoms with E-state index in [0.717, 1.165) is 49.5 Å². The molecule has 96 valence electrons. The quantitative estimate of drug-likeness (QED) is 0.735. The van der Waals surface area contributed by atoms with Crippen molar-refractivity contribution in [2.45, 2.75) is 6.42 Å². The van der Waals surface area contributed by atoms with Crippen molar-refractivity contribution in [2.75, 3.05) is 37.6 Å². The molecule has 2 heterocycles. The van der Waals surface area contributed by atoms with Crippen molar-refractivity contribution in [1.82, 2.24) is 15.3 Å². The van der Waals surface area contributed by atoms with Gasteiger partial charge in [0, 0.05) is 38.3 Å². The van der Waals surface area contributed by atoms with Gasteiger partial charge in [0.25, 0.3) is 0 Å². The first-order valence-electron chi connectivity index (χ1n) is 6.51. The van der Waals surface area contributed by atoms with Gasteiger partial charge in [0.05, 0.1) is 11.0 Å². The number of H-pyrrole nitrogens is 1. The lowest BCUT2D eigenvalue weighted by Gasteiger charge is -2.29. The second-order valence-electron chi connectivity index (χ2n) is 4.66. The smallest absolute Gasteiger partial charge is 0.108 e. The molecule has 3 rings (SSSR count). The van der Waals surface area contributed by atoms with Crippen molar-refractivity contribution in [3.8, 4) is 0 Å². The summed E-state index contributed by atoms with van der Waals surface area (Å²) in [6.07, 6.45) is 0.803. The fraction of sp³-hybridized carbons (Fsp3) is 0.462. The molecule has 18 heavy (non-hydrogen) atoms. The number of piperazine rings is 1. The van der Waals surface area contributed by atoms with E-state index in [1.165, 1.54) is 5.69 Å². The second-order valence-corrected chi connectivity index (χ2v) is 4.66. The molecule has 1 aliphatic heterocycles. The van der Waals surface area contributed by atoms with Gasteiger partial charge in [-0.25, -0.2) is 4.98 Å². The molecule has 0 radical (unpaired) electrons. The Morgan fingerprint density at radius 2 is 2.11 bits per heavy atom. The zero-order valence-corrected chi connectivity index (χ0v) is 10.4. The molecule has 1 aliphatic rings. The summed E-state index contributed by atoms with van der Waals surface area (Å²) in [4.78, 5) is 10.3.